The van der Waals surface area contributed by atoms with E-state index in [1.807, 2.05) is 12.1 Å². The SMILES string of the molecule is N#C[C@H]1C(=[NH2+])C(C#N)(C#N)[C@H](c2cccc(OCC(N)=O)c2)[C@H]2CSCC=C12. The summed E-state index contributed by atoms with van der Waals surface area (Å²) in [6.45, 7) is -0.273. The van der Waals surface area contributed by atoms with Crippen molar-refractivity contribution >= 4 is 23.4 Å². The molecule has 2 aliphatic rings. The maximum atomic E-state index is 11.0. The maximum absolute atomic E-state index is 11.0. The van der Waals surface area contributed by atoms with Crippen molar-refractivity contribution < 1.29 is 14.9 Å². The zero-order valence-corrected chi connectivity index (χ0v) is 15.8. The minimum absolute atomic E-state index is 0.0721. The molecular formula is C20H18N5O2S+. The van der Waals surface area contributed by atoms with Gasteiger partial charge in [-0.25, -0.2) is 0 Å². The van der Waals surface area contributed by atoms with Gasteiger partial charge in [0, 0.05) is 23.3 Å². The average Bonchev–Trinajstić information content (AvgIpc) is 2.71. The van der Waals surface area contributed by atoms with Gasteiger partial charge in [0.2, 0.25) is 11.1 Å². The third-order valence-electron chi connectivity index (χ3n) is 5.21. The number of hydrogen-bond donors (Lipinski definition) is 2. The number of allylic oxidation sites excluding steroid dienone is 1. The topological polar surface area (TPSA) is 149 Å². The van der Waals surface area contributed by atoms with E-state index in [4.69, 9.17) is 15.9 Å². The number of ether oxygens (including phenoxy) is 1. The summed E-state index contributed by atoms with van der Waals surface area (Å²) in [4.78, 5) is 11.0. The van der Waals surface area contributed by atoms with Crippen molar-refractivity contribution in [1.29, 1.82) is 15.8 Å². The number of nitriles is 3. The van der Waals surface area contributed by atoms with Crippen LogP contribution in [0.2, 0.25) is 0 Å². The minimum atomic E-state index is -1.64. The molecule has 8 heteroatoms. The Balaban J connectivity index is 2.14. The van der Waals surface area contributed by atoms with E-state index in [1.165, 1.54) is 0 Å². The monoisotopic (exact) mass is 392 g/mol. The Morgan fingerprint density at radius 3 is 2.75 bits per heavy atom. The van der Waals surface area contributed by atoms with Crippen molar-refractivity contribution in [3.63, 3.8) is 0 Å². The Kier molecular flexibility index (Phi) is 5.40. The number of nitrogens with zero attached hydrogens (tertiary/aromatic N) is 3. The summed E-state index contributed by atoms with van der Waals surface area (Å²) < 4.78 is 5.39. The van der Waals surface area contributed by atoms with Crippen LogP contribution in [-0.4, -0.2) is 29.7 Å². The molecule has 1 aliphatic carbocycles. The fraction of sp³-hybridized carbons (Fsp3) is 0.350. The predicted molar refractivity (Wildman–Crippen MR) is 102 cm³/mol. The highest BCUT2D eigenvalue weighted by molar-refractivity contribution is 7.99. The zero-order chi connectivity index (χ0) is 20.3. The molecule has 28 heavy (non-hydrogen) atoms. The molecule has 3 rings (SSSR count). The van der Waals surface area contributed by atoms with Gasteiger partial charge in [0.25, 0.3) is 5.91 Å². The van der Waals surface area contributed by atoms with Gasteiger partial charge in [0.05, 0.1) is 18.2 Å². The van der Waals surface area contributed by atoms with E-state index in [2.05, 4.69) is 18.2 Å². The van der Waals surface area contributed by atoms with Gasteiger partial charge < -0.3 is 10.5 Å². The van der Waals surface area contributed by atoms with Crippen molar-refractivity contribution in [2.75, 3.05) is 18.1 Å². The predicted octanol–water partition coefficient (Wildman–Crippen LogP) is 0.311. The number of primary amides is 1. The summed E-state index contributed by atoms with van der Waals surface area (Å²) in [5, 5.41) is 35.9. The number of rotatable bonds is 4. The summed E-state index contributed by atoms with van der Waals surface area (Å²) in [5.41, 5.74) is 5.13. The summed E-state index contributed by atoms with van der Waals surface area (Å²) >= 11 is 1.69. The largest absolute Gasteiger partial charge is 0.484 e. The highest BCUT2D eigenvalue weighted by atomic mass is 32.2. The Hall–Kier alpha value is -3.28. The molecule has 140 valence electrons. The molecule has 7 nitrogen and oxygen atoms in total. The molecule has 0 saturated heterocycles. The van der Waals surface area contributed by atoms with Crippen molar-refractivity contribution in [3.05, 3.63) is 41.5 Å². The molecular weight excluding hydrogens is 374 g/mol. The molecule has 1 heterocycles. The van der Waals surface area contributed by atoms with Gasteiger partial charge >= 0.3 is 0 Å². The van der Waals surface area contributed by atoms with Crippen LogP contribution in [0.15, 0.2) is 35.9 Å². The second-order valence-electron chi connectivity index (χ2n) is 6.70. The molecule has 1 aromatic carbocycles. The summed E-state index contributed by atoms with van der Waals surface area (Å²) in [7, 11) is 0. The molecule has 4 N–H and O–H groups in total. The van der Waals surface area contributed by atoms with Crippen LogP contribution in [0.4, 0.5) is 0 Å². The van der Waals surface area contributed by atoms with Crippen LogP contribution in [0, 0.1) is 51.2 Å². The van der Waals surface area contributed by atoms with Crippen molar-refractivity contribution in [2.24, 2.45) is 23.0 Å². The van der Waals surface area contributed by atoms with Crippen LogP contribution in [0.5, 0.6) is 5.75 Å². The third-order valence-corrected chi connectivity index (χ3v) is 6.21. The van der Waals surface area contributed by atoms with E-state index < -0.39 is 23.2 Å². The molecule has 0 aromatic heterocycles. The van der Waals surface area contributed by atoms with Crippen molar-refractivity contribution in [3.8, 4) is 24.0 Å². The van der Waals surface area contributed by atoms with Crippen LogP contribution in [-0.2, 0) is 4.79 Å². The maximum Gasteiger partial charge on any atom is 0.255 e. The average molecular weight is 392 g/mol. The van der Waals surface area contributed by atoms with E-state index in [0.717, 1.165) is 11.3 Å². The molecule has 0 unspecified atom stereocenters. The molecule has 0 spiro atoms. The van der Waals surface area contributed by atoms with E-state index in [0.29, 0.717) is 17.1 Å². The first kappa shape index (κ1) is 19.5. The lowest BCUT2D eigenvalue weighted by molar-refractivity contribution is -0.128. The van der Waals surface area contributed by atoms with Crippen molar-refractivity contribution in [1.82, 2.24) is 0 Å². The second kappa shape index (κ2) is 7.76. The van der Waals surface area contributed by atoms with Gasteiger partial charge in [-0.1, -0.05) is 18.2 Å². The van der Waals surface area contributed by atoms with Crippen LogP contribution in [0.25, 0.3) is 0 Å². The molecule has 1 amide bonds. The fourth-order valence-corrected chi connectivity index (χ4v) is 5.06. The number of hydrogen-bond acceptors (Lipinski definition) is 6. The summed E-state index contributed by atoms with van der Waals surface area (Å²) in [6, 6.07) is 13.3. The third kappa shape index (κ3) is 3.11. The summed E-state index contributed by atoms with van der Waals surface area (Å²) in [5.74, 6) is -0.233. The molecule has 0 bridgehead atoms. The Bertz CT molecular complexity index is 968. The Morgan fingerprint density at radius 2 is 2.11 bits per heavy atom. The van der Waals surface area contributed by atoms with Gasteiger partial charge in [0.1, 0.15) is 11.7 Å². The smallest absolute Gasteiger partial charge is 0.255 e. The number of carbonyl (C=O) groups excluding carboxylic acids is 1. The van der Waals surface area contributed by atoms with E-state index in [-0.39, 0.29) is 18.2 Å². The Morgan fingerprint density at radius 1 is 1.36 bits per heavy atom. The Labute approximate surface area is 166 Å². The van der Waals surface area contributed by atoms with E-state index in [9.17, 15) is 20.6 Å². The van der Waals surface area contributed by atoms with Crippen LogP contribution in [0.1, 0.15) is 11.5 Å². The van der Waals surface area contributed by atoms with Gasteiger partial charge in [-0.2, -0.15) is 27.5 Å². The van der Waals surface area contributed by atoms with E-state index >= 15 is 0 Å². The van der Waals surface area contributed by atoms with Gasteiger partial charge in [-0.05, 0) is 23.3 Å². The lowest BCUT2D eigenvalue weighted by atomic mass is 9.55. The number of amides is 1. The number of carbonyl (C=O) groups is 1. The summed E-state index contributed by atoms with van der Waals surface area (Å²) in [6.07, 6.45) is 1.98. The first-order chi connectivity index (χ1) is 13.5. The molecule has 0 radical (unpaired) electrons. The quantitative estimate of drug-likeness (QED) is 0.704. The lowest BCUT2D eigenvalue weighted by Gasteiger charge is -2.43. The lowest BCUT2D eigenvalue weighted by Crippen LogP contribution is -2.61. The second-order valence-corrected chi connectivity index (χ2v) is 7.78. The molecule has 1 aliphatic heterocycles. The number of thioether (sulfide) groups is 1. The molecule has 1 aromatic rings. The van der Waals surface area contributed by atoms with Gasteiger partial charge in [0.15, 0.2) is 6.61 Å². The molecule has 1 fully saturated rings. The number of benzene rings is 1. The zero-order valence-electron chi connectivity index (χ0n) is 15.0. The highest BCUT2D eigenvalue weighted by Crippen LogP contribution is 2.53. The molecule has 3 atom stereocenters. The first-order valence-electron chi connectivity index (χ1n) is 8.62. The van der Waals surface area contributed by atoms with Crippen LogP contribution >= 0.6 is 11.8 Å². The van der Waals surface area contributed by atoms with Crippen LogP contribution < -0.4 is 15.9 Å². The molecule has 1 saturated carbocycles. The van der Waals surface area contributed by atoms with Gasteiger partial charge in [-0.15, -0.1) is 0 Å². The number of nitrogens with two attached hydrogens (primary N) is 2. The standard InChI is InChI=1S/C20H17N5O2S/c21-7-15-14-4-5-28-9-16(14)18(20(10-22,11-23)19(15)25)12-2-1-3-13(6-12)27-8-17(24)26/h1-4,6,15-16,18,25H,5,8-9H2,(H2,24,26)/p+1/t15-,16+,18-/m1/s1. The normalized spacial score (nSPS) is 25.2. The first-order valence-corrected chi connectivity index (χ1v) is 9.77. The highest BCUT2D eigenvalue weighted by Gasteiger charge is 2.60. The number of fused-ring (bicyclic) bond motifs is 1. The van der Waals surface area contributed by atoms with Crippen LogP contribution in [0.3, 0.4) is 0 Å². The van der Waals surface area contributed by atoms with Gasteiger partial charge in [-0.3, -0.25) is 10.2 Å². The fourth-order valence-electron chi connectivity index (χ4n) is 3.98. The van der Waals surface area contributed by atoms with Crippen molar-refractivity contribution in [2.45, 2.75) is 5.92 Å². The minimum Gasteiger partial charge on any atom is -0.484 e. The van der Waals surface area contributed by atoms with E-state index in [1.54, 1.807) is 30.0 Å².